The number of hydrogen-bond acceptors (Lipinski definition) is 3. The zero-order valence-corrected chi connectivity index (χ0v) is 15.0. The third-order valence-electron chi connectivity index (χ3n) is 3.12. The predicted octanol–water partition coefficient (Wildman–Crippen LogP) is 3.89. The topological polar surface area (TPSA) is 56.2 Å². The van der Waals surface area contributed by atoms with Gasteiger partial charge in [-0.25, -0.2) is 9.78 Å². The molecule has 0 atom stereocenters. The van der Waals surface area contributed by atoms with Crippen LogP contribution < -0.4 is 5.32 Å². The van der Waals surface area contributed by atoms with E-state index in [1.165, 1.54) is 0 Å². The third-order valence-corrected chi connectivity index (χ3v) is 3.62. The van der Waals surface area contributed by atoms with Gasteiger partial charge in [0.25, 0.3) is 0 Å². The van der Waals surface area contributed by atoms with Crippen molar-refractivity contribution in [3.05, 3.63) is 28.5 Å². The normalized spacial score (nSPS) is 11.7. The molecule has 6 heteroatoms. The van der Waals surface area contributed by atoms with E-state index in [1.807, 2.05) is 32.9 Å². The molecule has 1 aromatic carbocycles. The van der Waals surface area contributed by atoms with Gasteiger partial charge in [0, 0.05) is 24.0 Å². The highest BCUT2D eigenvalue weighted by Crippen LogP contribution is 2.21. The van der Waals surface area contributed by atoms with Gasteiger partial charge in [0.2, 0.25) is 0 Å². The van der Waals surface area contributed by atoms with E-state index in [9.17, 15) is 4.79 Å². The first-order valence-corrected chi connectivity index (χ1v) is 8.21. The predicted molar refractivity (Wildman–Crippen MR) is 91.0 cm³/mol. The Balaban J connectivity index is 2.04. The summed E-state index contributed by atoms with van der Waals surface area (Å²) in [5.41, 5.74) is 1.59. The molecule has 0 saturated heterocycles. The molecule has 1 aromatic heterocycles. The summed E-state index contributed by atoms with van der Waals surface area (Å²) in [5.74, 6) is 0.964. The minimum absolute atomic E-state index is 0.394. The molecule has 1 amide bonds. The van der Waals surface area contributed by atoms with Crippen molar-refractivity contribution in [1.29, 1.82) is 0 Å². The Morgan fingerprint density at radius 1 is 1.41 bits per heavy atom. The molecule has 120 valence electrons. The number of amides is 1. The summed E-state index contributed by atoms with van der Waals surface area (Å²) in [6.45, 7) is 8.98. The van der Waals surface area contributed by atoms with Gasteiger partial charge in [-0.2, -0.15) is 0 Å². The number of nitrogens with zero attached hydrogens (tertiary/aromatic N) is 2. The van der Waals surface area contributed by atoms with Gasteiger partial charge < -0.3 is 14.6 Å². The van der Waals surface area contributed by atoms with Gasteiger partial charge in [0.15, 0.2) is 0 Å². The number of carbonyl (C=O) groups excluding carboxylic acids is 1. The summed E-state index contributed by atoms with van der Waals surface area (Å²) in [6, 6.07) is 6.05. The number of fused-ring (bicyclic) bond motifs is 1. The summed E-state index contributed by atoms with van der Waals surface area (Å²) in [4.78, 5) is 16.3. The number of halogens is 1. The third kappa shape index (κ3) is 4.22. The van der Waals surface area contributed by atoms with E-state index < -0.39 is 11.7 Å². The van der Waals surface area contributed by atoms with E-state index in [4.69, 9.17) is 4.74 Å². The van der Waals surface area contributed by atoms with Crippen LogP contribution >= 0.6 is 15.9 Å². The summed E-state index contributed by atoms with van der Waals surface area (Å²) >= 11 is 3.49. The quantitative estimate of drug-likeness (QED) is 0.891. The number of rotatable bonds is 4. The second-order valence-electron chi connectivity index (χ2n) is 6.08. The average Bonchev–Trinajstić information content (AvgIpc) is 2.73. The minimum atomic E-state index is -0.479. The fourth-order valence-corrected chi connectivity index (χ4v) is 2.63. The Bertz CT molecular complexity index is 674. The Morgan fingerprint density at radius 2 is 2.14 bits per heavy atom. The number of imidazole rings is 1. The zero-order chi connectivity index (χ0) is 16.3. The largest absolute Gasteiger partial charge is 0.444 e. The standard InChI is InChI=1S/C16H22BrN3O2/c1-5-20-13-10-11(17)6-7-12(13)19-14(20)8-9-18-15(21)22-16(2,3)4/h6-7,10H,5,8-9H2,1-4H3,(H,18,21). The van der Waals surface area contributed by atoms with E-state index in [0.717, 1.165) is 27.9 Å². The van der Waals surface area contributed by atoms with E-state index in [2.05, 4.69) is 43.8 Å². The lowest BCUT2D eigenvalue weighted by atomic mass is 10.2. The van der Waals surface area contributed by atoms with Gasteiger partial charge in [-0.05, 0) is 45.9 Å². The fourth-order valence-electron chi connectivity index (χ4n) is 2.28. The first kappa shape index (κ1) is 16.8. The number of hydrogen-bond donors (Lipinski definition) is 1. The Labute approximate surface area is 139 Å². The van der Waals surface area contributed by atoms with Gasteiger partial charge in [-0.1, -0.05) is 15.9 Å². The molecule has 0 aliphatic rings. The van der Waals surface area contributed by atoms with E-state index in [0.29, 0.717) is 13.0 Å². The molecule has 0 radical (unpaired) electrons. The summed E-state index contributed by atoms with van der Waals surface area (Å²) in [6.07, 6.45) is 0.272. The maximum Gasteiger partial charge on any atom is 0.407 e. The Morgan fingerprint density at radius 3 is 2.77 bits per heavy atom. The number of alkyl carbamates (subject to hydrolysis) is 1. The fraction of sp³-hybridized carbons (Fsp3) is 0.500. The van der Waals surface area contributed by atoms with Crippen LogP contribution in [0.2, 0.25) is 0 Å². The second kappa shape index (κ2) is 6.69. The van der Waals surface area contributed by atoms with E-state index in [1.54, 1.807) is 0 Å². The van der Waals surface area contributed by atoms with Crippen LogP contribution in [0.3, 0.4) is 0 Å². The number of nitrogens with one attached hydrogen (secondary N) is 1. The highest BCUT2D eigenvalue weighted by molar-refractivity contribution is 9.10. The number of carbonyl (C=O) groups is 1. The van der Waals surface area contributed by atoms with Gasteiger partial charge in [0.05, 0.1) is 11.0 Å². The van der Waals surface area contributed by atoms with Crippen LogP contribution in [0.4, 0.5) is 4.79 Å². The molecule has 0 saturated carbocycles. The first-order valence-electron chi connectivity index (χ1n) is 7.41. The lowest BCUT2D eigenvalue weighted by molar-refractivity contribution is 0.0528. The van der Waals surface area contributed by atoms with Gasteiger partial charge >= 0.3 is 6.09 Å². The Hall–Kier alpha value is -1.56. The first-order chi connectivity index (χ1) is 10.3. The van der Waals surface area contributed by atoms with E-state index >= 15 is 0 Å². The molecule has 1 N–H and O–H groups in total. The summed E-state index contributed by atoms with van der Waals surface area (Å²) < 4.78 is 8.42. The molecule has 0 aliphatic heterocycles. The molecule has 0 spiro atoms. The van der Waals surface area contributed by atoms with Crippen LogP contribution in [0.15, 0.2) is 22.7 Å². The van der Waals surface area contributed by atoms with Gasteiger partial charge in [-0.15, -0.1) is 0 Å². The van der Waals surface area contributed by atoms with Crippen molar-refractivity contribution in [2.75, 3.05) is 6.54 Å². The highest BCUT2D eigenvalue weighted by Gasteiger charge is 2.16. The van der Waals surface area contributed by atoms with Crippen LogP contribution in [-0.2, 0) is 17.7 Å². The number of aryl methyl sites for hydroxylation is 1. The average molecular weight is 368 g/mol. The molecule has 0 fully saturated rings. The highest BCUT2D eigenvalue weighted by atomic mass is 79.9. The summed E-state index contributed by atoms with van der Waals surface area (Å²) in [7, 11) is 0. The molecule has 0 bridgehead atoms. The van der Waals surface area contributed by atoms with Crippen molar-refractivity contribution in [3.8, 4) is 0 Å². The van der Waals surface area contributed by atoms with Crippen LogP contribution in [0.5, 0.6) is 0 Å². The zero-order valence-electron chi connectivity index (χ0n) is 13.4. The molecular weight excluding hydrogens is 346 g/mol. The number of ether oxygens (including phenoxy) is 1. The van der Waals surface area contributed by atoms with Gasteiger partial charge in [-0.3, -0.25) is 0 Å². The molecule has 1 heterocycles. The van der Waals surface area contributed by atoms with Gasteiger partial charge in [0.1, 0.15) is 11.4 Å². The smallest absolute Gasteiger partial charge is 0.407 e. The number of benzene rings is 1. The molecule has 0 unspecified atom stereocenters. The van der Waals surface area contributed by atoms with Crippen molar-refractivity contribution < 1.29 is 9.53 Å². The van der Waals surface area contributed by atoms with Crippen molar-refractivity contribution >= 4 is 33.1 Å². The van der Waals surface area contributed by atoms with Crippen LogP contribution in [0.1, 0.15) is 33.5 Å². The number of aromatic nitrogens is 2. The molecule has 0 aliphatic carbocycles. The SMILES string of the molecule is CCn1c(CCNC(=O)OC(C)(C)C)nc2ccc(Br)cc21. The minimum Gasteiger partial charge on any atom is -0.444 e. The molecule has 2 aromatic rings. The Kier molecular flexibility index (Phi) is 5.11. The van der Waals surface area contributed by atoms with Crippen molar-refractivity contribution in [2.24, 2.45) is 0 Å². The molecule has 5 nitrogen and oxygen atoms in total. The maximum absolute atomic E-state index is 11.7. The lowest BCUT2D eigenvalue weighted by Gasteiger charge is -2.19. The molecular formula is C16H22BrN3O2. The summed E-state index contributed by atoms with van der Waals surface area (Å²) in [5, 5.41) is 2.77. The van der Waals surface area contributed by atoms with Crippen molar-refractivity contribution in [2.45, 2.75) is 46.3 Å². The lowest BCUT2D eigenvalue weighted by Crippen LogP contribution is -2.33. The van der Waals surface area contributed by atoms with Crippen molar-refractivity contribution in [1.82, 2.24) is 14.9 Å². The van der Waals surface area contributed by atoms with Crippen LogP contribution in [0, 0.1) is 0 Å². The second-order valence-corrected chi connectivity index (χ2v) is 7.00. The van der Waals surface area contributed by atoms with Crippen LogP contribution in [0.25, 0.3) is 11.0 Å². The molecule has 2 rings (SSSR count). The van der Waals surface area contributed by atoms with Crippen LogP contribution in [-0.4, -0.2) is 27.8 Å². The van der Waals surface area contributed by atoms with E-state index in [-0.39, 0.29) is 0 Å². The monoisotopic (exact) mass is 367 g/mol. The maximum atomic E-state index is 11.7. The molecule has 22 heavy (non-hydrogen) atoms. The van der Waals surface area contributed by atoms with Crippen molar-refractivity contribution in [3.63, 3.8) is 0 Å².